The zero-order valence-electron chi connectivity index (χ0n) is 8.97. The largest absolute Gasteiger partial charge is 0.354 e. The molecule has 0 amide bonds. The molecule has 1 aromatic heterocycles. The van der Waals surface area contributed by atoms with Crippen molar-refractivity contribution in [2.24, 2.45) is 0 Å². The zero-order valence-corrected chi connectivity index (χ0v) is 12.0. The van der Waals surface area contributed by atoms with Gasteiger partial charge >= 0.3 is 0 Å². The first-order valence-corrected chi connectivity index (χ1v) is 6.51. The average molecular weight is 319 g/mol. The van der Waals surface area contributed by atoms with Crippen LogP contribution in [0.15, 0.2) is 0 Å². The molecule has 5 nitrogen and oxygen atoms in total. The Kier molecular flexibility index (Phi) is 5.79. The predicted octanol–water partition coefficient (Wildman–Crippen LogP) is 2.78. The summed E-state index contributed by atoms with van der Waals surface area (Å²) in [5, 5.41) is 5.82. The molecule has 96 valence electrons. The highest BCUT2D eigenvalue weighted by atomic mass is 35.6. The van der Waals surface area contributed by atoms with E-state index in [0.29, 0.717) is 30.9 Å². The van der Waals surface area contributed by atoms with Crippen LogP contribution in [0.25, 0.3) is 0 Å². The van der Waals surface area contributed by atoms with Crippen LogP contribution in [0, 0.1) is 0 Å². The van der Waals surface area contributed by atoms with Crippen LogP contribution in [0.2, 0.25) is 0 Å². The van der Waals surface area contributed by atoms with Crippen molar-refractivity contribution in [1.82, 2.24) is 15.0 Å². The van der Waals surface area contributed by atoms with Crippen molar-refractivity contribution >= 4 is 58.3 Å². The van der Waals surface area contributed by atoms with Crippen molar-refractivity contribution < 1.29 is 0 Å². The van der Waals surface area contributed by atoms with Crippen LogP contribution in [0.4, 0.5) is 11.9 Å². The molecule has 0 aliphatic heterocycles. The number of halogens is 4. The van der Waals surface area contributed by atoms with Gasteiger partial charge in [-0.3, -0.25) is 0 Å². The number of hydrogen-bond acceptors (Lipinski definition) is 5. The Labute approximate surface area is 119 Å². The smallest absolute Gasteiger partial charge is 0.250 e. The topological polar surface area (TPSA) is 62.7 Å². The van der Waals surface area contributed by atoms with E-state index in [-0.39, 0.29) is 5.82 Å². The molecule has 0 radical (unpaired) electrons. The van der Waals surface area contributed by atoms with Gasteiger partial charge in [-0.05, 0) is 6.92 Å². The van der Waals surface area contributed by atoms with E-state index in [1.165, 1.54) is 0 Å². The first kappa shape index (κ1) is 14.8. The molecule has 0 unspecified atom stereocenters. The third-order valence-electron chi connectivity index (χ3n) is 1.60. The van der Waals surface area contributed by atoms with Crippen molar-refractivity contribution in [3.05, 3.63) is 5.82 Å². The van der Waals surface area contributed by atoms with Crippen LogP contribution >= 0.6 is 46.4 Å². The lowest BCUT2D eigenvalue weighted by molar-refractivity contribution is 0.908. The Morgan fingerprint density at radius 1 is 1.06 bits per heavy atom. The second-order valence-electron chi connectivity index (χ2n) is 2.95. The summed E-state index contributed by atoms with van der Waals surface area (Å²) in [6, 6.07) is 0. The predicted molar refractivity (Wildman–Crippen MR) is 72.4 cm³/mol. The molecule has 0 saturated heterocycles. The van der Waals surface area contributed by atoms with Gasteiger partial charge in [0.25, 0.3) is 0 Å². The molecule has 2 N–H and O–H groups in total. The molecule has 17 heavy (non-hydrogen) atoms. The molecule has 0 aromatic carbocycles. The highest BCUT2D eigenvalue weighted by molar-refractivity contribution is 6.66. The Bertz CT molecular complexity index is 367. The Morgan fingerprint density at radius 2 is 1.65 bits per heavy atom. The second kappa shape index (κ2) is 6.64. The van der Waals surface area contributed by atoms with Gasteiger partial charge in [-0.15, -0.1) is 11.6 Å². The minimum absolute atomic E-state index is 0.0607. The van der Waals surface area contributed by atoms with Crippen LogP contribution < -0.4 is 10.6 Å². The number of hydrogen-bond donors (Lipinski definition) is 2. The number of anilines is 2. The standard InChI is InChI=1S/C8H11Cl4N5/c1-2-13-6-15-5(8(10,11)12)16-7(17-6)14-4-3-9/h2-4H2,1H3,(H2,13,14,15,16,17). The molecule has 0 fully saturated rings. The van der Waals surface area contributed by atoms with Crippen molar-refractivity contribution in [2.75, 3.05) is 29.6 Å². The Hall–Kier alpha value is -0.230. The van der Waals surface area contributed by atoms with Crippen molar-refractivity contribution in [3.8, 4) is 0 Å². The SMILES string of the molecule is CCNc1nc(NCCCl)nc(C(Cl)(Cl)Cl)n1. The van der Waals surface area contributed by atoms with E-state index < -0.39 is 3.79 Å². The molecule has 1 rings (SSSR count). The van der Waals surface area contributed by atoms with Gasteiger partial charge in [0.2, 0.25) is 15.7 Å². The Morgan fingerprint density at radius 3 is 2.12 bits per heavy atom. The number of aromatic nitrogens is 3. The fourth-order valence-electron chi connectivity index (χ4n) is 0.978. The number of nitrogens with one attached hydrogen (secondary N) is 2. The van der Waals surface area contributed by atoms with Crippen molar-refractivity contribution in [1.29, 1.82) is 0 Å². The maximum Gasteiger partial charge on any atom is 0.250 e. The van der Waals surface area contributed by atoms with E-state index in [0.717, 1.165) is 0 Å². The molecule has 0 aliphatic rings. The molecule has 1 heterocycles. The lowest BCUT2D eigenvalue weighted by Crippen LogP contribution is -2.16. The first-order valence-electron chi connectivity index (χ1n) is 4.84. The van der Waals surface area contributed by atoms with Gasteiger partial charge in [-0.1, -0.05) is 34.8 Å². The lowest BCUT2D eigenvalue weighted by atomic mass is 10.6. The summed E-state index contributed by atoms with van der Waals surface area (Å²) in [7, 11) is 0. The van der Waals surface area contributed by atoms with E-state index >= 15 is 0 Å². The van der Waals surface area contributed by atoms with Crippen LogP contribution in [0.5, 0.6) is 0 Å². The number of rotatable bonds is 5. The van der Waals surface area contributed by atoms with Gasteiger partial charge in [0.1, 0.15) is 0 Å². The van der Waals surface area contributed by atoms with Crippen LogP contribution in [-0.4, -0.2) is 33.9 Å². The molecule has 0 saturated carbocycles. The van der Waals surface area contributed by atoms with E-state index in [9.17, 15) is 0 Å². The van der Waals surface area contributed by atoms with Crippen LogP contribution in [-0.2, 0) is 3.79 Å². The molecule has 0 spiro atoms. The summed E-state index contributed by atoms with van der Waals surface area (Å²) in [6.07, 6.45) is 0. The van der Waals surface area contributed by atoms with Gasteiger partial charge in [-0.2, -0.15) is 15.0 Å². The monoisotopic (exact) mass is 317 g/mol. The number of alkyl halides is 4. The molecular weight excluding hydrogens is 308 g/mol. The highest BCUT2D eigenvalue weighted by Crippen LogP contribution is 2.36. The summed E-state index contributed by atoms with van der Waals surface area (Å²) >= 11 is 22.8. The van der Waals surface area contributed by atoms with E-state index in [1.807, 2.05) is 6.92 Å². The molecule has 0 aliphatic carbocycles. The van der Waals surface area contributed by atoms with Crippen LogP contribution in [0.1, 0.15) is 12.7 Å². The lowest BCUT2D eigenvalue weighted by Gasteiger charge is -2.12. The van der Waals surface area contributed by atoms with E-state index in [2.05, 4.69) is 25.6 Å². The first-order chi connectivity index (χ1) is 7.97. The zero-order chi connectivity index (χ0) is 12.9. The minimum atomic E-state index is -1.69. The minimum Gasteiger partial charge on any atom is -0.354 e. The molecule has 0 bridgehead atoms. The summed E-state index contributed by atoms with van der Waals surface area (Å²) in [5.74, 6) is 1.15. The maximum absolute atomic E-state index is 5.73. The fraction of sp³-hybridized carbons (Fsp3) is 0.625. The summed E-state index contributed by atoms with van der Waals surface area (Å²) in [5.41, 5.74) is 0. The summed E-state index contributed by atoms with van der Waals surface area (Å²) < 4.78 is -1.69. The van der Waals surface area contributed by atoms with Crippen LogP contribution in [0.3, 0.4) is 0 Å². The molecular formula is C8H11Cl4N5. The third-order valence-corrected chi connectivity index (χ3v) is 2.30. The Balaban J connectivity index is 3.01. The quantitative estimate of drug-likeness (QED) is 0.817. The number of nitrogens with zero attached hydrogens (tertiary/aromatic N) is 3. The molecule has 9 heteroatoms. The maximum atomic E-state index is 5.73. The average Bonchev–Trinajstić information content (AvgIpc) is 2.25. The normalized spacial score (nSPS) is 11.4. The van der Waals surface area contributed by atoms with Gasteiger partial charge in [-0.25, -0.2) is 0 Å². The van der Waals surface area contributed by atoms with Gasteiger partial charge < -0.3 is 10.6 Å². The molecule has 1 aromatic rings. The highest BCUT2D eigenvalue weighted by Gasteiger charge is 2.28. The fourth-order valence-corrected chi connectivity index (χ4v) is 1.33. The van der Waals surface area contributed by atoms with Crippen molar-refractivity contribution in [3.63, 3.8) is 0 Å². The van der Waals surface area contributed by atoms with Crippen molar-refractivity contribution in [2.45, 2.75) is 10.7 Å². The summed E-state index contributed by atoms with van der Waals surface area (Å²) in [4.78, 5) is 12.1. The summed E-state index contributed by atoms with van der Waals surface area (Å²) in [6.45, 7) is 3.07. The second-order valence-corrected chi connectivity index (χ2v) is 5.61. The van der Waals surface area contributed by atoms with E-state index in [1.54, 1.807) is 0 Å². The van der Waals surface area contributed by atoms with Gasteiger partial charge in [0.15, 0.2) is 5.82 Å². The molecule has 0 atom stereocenters. The van der Waals surface area contributed by atoms with E-state index in [4.69, 9.17) is 46.4 Å². The van der Waals surface area contributed by atoms with Gasteiger partial charge in [0.05, 0.1) is 0 Å². The third kappa shape index (κ3) is 4.87. The van der Waals surface area contributed by atoms with Gasteiger partial charge in [0, 0.05) is 19.0 Å².